The van der Waals surface area contributed by atoms with E-state index in [2.05, 4.69) is 36.4 Å². The van der Waals surface area contributed by atoms with Gasteiger partial charge in [0.25, 0.3) is 5.91 Å². The van der Waals surface area contributed by atoms with Crippen molar-refractivity contribution in [1.82, 2.24) is 10.6 Å². The predicted octanol–water partition coefficient (Wildman–Crippen LogP) is 2.45. The Morgan fingerprint density at radius 1 is 1.28 bits per heavy atom. The van der Waals surface area contributed by atoms with Crippen molar-refractivity contribution < 1.29 is 4.79 Å². The van der Waals surface area contributed by atoms with Crippen molar-refractivity contribution in [1.29, 1.82) is 0 Å². The first-order valence-electron chi connectivity index (χ1n) is 7.12. The van der Waals surface area contributed by atoms with Gasteiger partial charge in [-0.1, -0.05) is 46.5 Å². The summed E-state index contributed by atoms with van der Waals surface area (Å²) in [7, 11) is 0. The minimum atomic E-state index is -0.469. The summed E-state index contributed by atoms with van der Waals surface area (Å²) in [6.07, 6.45) is 5.62. The first-order valence-corrected chi connectivity index (χ1v) is 7.12. The Morgan fingerprint density at radius 3 is 2.61 bits per heavy atom. The van der Waals surface area contributed by atoms with E-state index in [-0.39, 0.29) is 5.91 Å². The molecule has 1 unspecified atom stereocenters. The first kappa shape index (κ1) is 15.0. The highest BCUT2D eigenvalue weighted by atomic mass is 16.2. The van der Waals surface area contributed by atoms with Gasteiger partial charge in [0.1, 0.15) is 5.54 Å². The number of nitrogens with zero attached hydrogens (tertiary/aromatic N) is 1. The number of rotatable bonds is 7. The molecule has 4 heteroatoms. The van der Waals surface area contributed by atoms with Gasteiger partial charge in [-0.15, -0.1) is 0 Å². The van der Waals surface area contributed by atoms with E-state index >= 15 is 0 Å². The summed E-state index contributed by atoms with van der Waals surface area (Å²) in [6, 6.07) is 0. The SMILES string of the molecule is CCCCCCC1(C)NC(=NCC(C)C)NC1=O. The van der Waals surface area contributed by atoms with Crippen molar-refractivity contribution in [2.24, 2.45) is 10.9 Å². The molecule has 4 nitrogen and oxygen atoms in total. The van der Waals surface area contributed by atoms with Crippen molar-refractivity contribution in [3.05, 3.63) is 0 Å². The molecule has 2 N–H and O–H groups in total. The van der Waals surface area contributed by atoms with Crippen LogP contribution < -0.4 is 10.6 Å². The molecule has 0 aromatic carbocycles. The van der Waals surface area contributed by atoms with Crippen LogP contribution in [0.25, 0.3) is 0 Å². The van der Waals surface area contributed by atoms with Crippen LogP contribution in [0.15, 0.2) is 4.99 Å². The highest BCUT2D eigenvalue weighted by Crippen LogP contribution is 2.19. The minimum absolute atomic E-state index is 0.0569. The van der Waals surface area contributed by atoms with E-state index < -0.39 is 5.54 Å². The summed E-state index contributed by atoms with van der Waals surface area (Å²) in [5.41, 5.74) is -0.469. The van der Waals surface area contributed by atoms with E-state index in [1.807, 2.05) is 6.92 Å². The molecule has 1 rings (SSSR count). The van der Waals surface area contributed by atoms with Crippen LogP contribution >= 0.6 is 0 Å². The average Bonchev–Trinajstić information content (AvgIpc) is 2.59. The second-order valence-electron chi connectivity index (χ2n) is 5.81. The molecule has 1 saturated heterocycles. The molecular formula is C14H27N3O. The van der Waals surface area contributed by atoms with E-state index in [9.17, 15) is 4.79 Å². The summed E-state index contributed by atoms with van der Waals surface area (Å²) >= 11 is 0. The lowest BCUT2D eigenvalue weighted by atomic mass is 9.94. The van der Waals surface area contributed by atoms with E-state index in [0.717, 1.165) is 19.4 Å². The monoisotopic (exact) mass is 253 g/mol. The van der Waals surface area contributed by atoms with Crippen molar-refractivity contribution in [3.8, 4) is 0 Å². The predicted molar refractivity (Wildman–Crippen MR) is 75.6 cm³/mol. The molecule has 0 aromatic rings. The summed E-state index contributed by atoms with van der Waals surface area (Å²) in [5, 5.41) is 6.08. The smallest absolute Gasteiger partial charge is 0.252 e. The number of unbranched alkanes of at least 4 members (excludes halogenated alkanes) is 3. The molecular weight excluding hydrogens is 226 g/mol. The summed E-state index contributed by atoms with van der Waals surface area (Å²) in [4.78, 5) is 16.3. The van der Waals surface area contributed by atoms with E-state index in [1.165, 1.54) is 19.3 Å². The maximum atomic E-state index is 12.0. The Balaban J connectivity index is 2.46. The third-order valence-electron chi connectivity index (χ3n) is 3.27. The molecule has 0 saturated carbocycles. The van der Waals surface area contributed by atoms with Gasteiger partial charge in [0, 0.05) is 6.54 Å². The molecule has 1 aliphatic heterocycles. The lowest BCUT2D eigenvalue weighted by molar-refractivity contribution is -0.123. The average molecular weight is 253 g/mol. The molecule has 1 amide bonds. The topological polar surface area (TPSA) is 53.5 Å². The third-order valence-corrected chi connectivity index (χ3v) is 3.27. The summed E-state index contributed by atoms with van der Waals surface area (Å²) < 4.78 is 0. The standard InChI is InChI=1S/C14H27N3O/c1-5-6-7-8-9-14(4)12(18)16-13(17-14)15-10-11(2)3/h11H,5-10H2,1-4H3,(H2,15,16,17,18). The highest BCUT2D eigenvalue weighted by Gasteiger charge is 2.39. The fraction of sp³-hybridized carbons (Fsp3) is 0.857. The number of carbonyl (C=O) groups is 1. The molecule has 0 aromatic heterocycles. The van der Waals surface area contributed by atoms with Crippen LogP contribution in [0, 0.1) is 5.92 Å². The van der Waals surface area contributed by atoms with Crippen LogP contribution in [-0.2, 0) is 4.79 Å². The molecule has 0 bridgehead atoms. The fourth-order valence-electron chi connectivity index (χ4n) is 2.03. The Labute approximate surface area is 111 Å². The lowest BCUT2D eigenvalue weighted by Gasteiger charge is -2.20. The Hall–Kier alpha value is -1.06. The number of hydrogen-bond acceptors (Lipinski definition) is 2. The molecule has 0 radical (unpaired) electrons. The van der Waals surface area contributed by atoms with E-state index in [4.69, 9.17) is 0 Å². The molecule has 1 atom stereocenters. The third kappa shape index (κ3) is 4.31. The van der Waals surface area contributed by atoms with Crippen molar-refractivity contribution in [3.63, 3.8) is 0 Å². The molecule has 104 valence electrons. The van der Waals surface area contributed by atoms with Gasteiger partial charge in [-0.3, -0.25) is 15.1 Å². The number of hydrogen-bond donors (Lipinski definition) is 2. The fourth-order valence-corrected chi connectivity index (χ4v) is 2.03. The number of amides is 1. The van der Waals surface area contributed by atoms with Gasteiger partial charge in [0.05, 0.1) is 0 Å². The van der Waals surface area contributed by atoms with Crippen molar-refractivity contribution >= 4 is 11.9 Å². The highest BCUT2D eigenvalue weighted by molar-refractivity contribution is 6.08. The maximum absolute atomic E-state index is 12.0. The summed E-state index contributed by atoms with van der Waals surface area (Å²) in [6.45, 7) is 9.13. The van der Waals surface area contributed by atoms with E-state index in [1.54, 1.807) is 0 Å². The van der Waals surface area contributed by atoms with Gasteiger partial charge in [-0.25, -0.2) is 0 Å². The van der Waals surface area contributed by atoms with Crippen LogP contribution in [-0.4, -0.2) is 24.0 Å². The van der Waals surface area contributed by atoms with Crippen LogP contribution in [0.5, 0.6) is 0 Å². The van der Waals surface area contributed by atoms with Gasteiger partial charge in [0.15, 0.2) is 5.96 Å². The van der Waals surface area contributed by atoms with Crippen molar-refractivity contribution in [2.45, 2.75) is 65.3 Å². The van der Waals surface area contributed by atoms with Crippen LogP contribution in [0.1, 0.15) is 59.8 Å². The van der Waals surface area contributed by atoms with Gasteiger partial charge >= 0.3 is 0 Å². The van der Waals surface area contributed by atoms with Gasteiger partial charge < -0.3 is 5.32 Å². The molecule has 1 aliphatic rings. The van der Waals surface area contributed by atoms with Crippen LogP contribution in [0.3, 0.4) is 0 Å². The lowest BCUT2D eigenvalue weighted by Crippen LogP contribution is -2.43. The molecule has 0 aliphatic carbocycles. The first-order chi connectivity index (χ1) is 8.48. The van der Waals surface area contributed by atoms with Gasteiger partial charge in [0.2, 0.25) is 0 Å². The number of nitrogens with one attached hydrogen (secondary N) is 2. The molecule has 1 heterocycles. The second kappa shape index (κ2) is 6.76. The van der Waals surface area contributed by atoms with Gasteiger partial charge in [-0.2, -0.15) is 0 Å². The maximum Gasteiger partial charge on any atom is 0.252 e. The molecule has 18 heavy (non-hydrogen) atoms. The van der Waals surface area contributed by atoms with Crippen molar-refractivity contribution in [2.75, 3.05) is 6.54 Å². The zero-order valence-electron chi connectivity index (χ0n) is 12.2. The Bertz CT molecular complexity index is 312. The van der Waals surface area contributed by atoms with Gasteiger partial charge in [-0.05, 0) is 19.3 Å². The zero-order chi connectivity index (χ0) is 13.6. The zero-order valence-corrected chi connectivity index (χ0v) is 12.2. The number of aliphatic imine (C=N–C) groups is 1. The second-order valence-corrected chi connectivity index (χ2v) is 5.81. The van der Waals surface area contributed by atoms with E-state index in [0.29, 0.717) is 11.9 Å². The summed E-state index contributed by atoms with van der Waals surface area (Å²) in [5.74, 6) is 1.21. The Morgan fingerprint density at radius 2 is 2.00 bits per heavy atom. The van der Waals surface area contributed by atoms with Crippen LogP contribution in [0.2, 0.25) is 0 Å². The normalized spacial score (nSPS) is 25.6. The Kier molecular flexibility index (Phi) is 5.63. The largest absolute Gasteiger partial charge is 0.342 e. The van der Waals surface area contributed by atoms with Crippen LogP contribution in [0.4, 0.5) is 0 Å². The molecule has 1 fully saturated rings. The molecule has 0 spiro atoms. The number of carbonyl (C=O) groups excluding carboxylic acids is 1. The quantitative estimate of drug-likeness (QED) is 0.685. The minimum Gasteiger partial charge on any atom is -0.342 e. The number of guanidine groups is 1.